The van der Waals surface area contributed by atoms with Crippen molar-refractivity contribution in [1.29, 1.82) is 0 Å². The summed E-state index contributed by atoms with van der Waals surface area (Å²) in [4.78, 5) is 0. The molecule has 4 nitrogen and oxygen atoms in total. The van der Waals surface area contributed by atoms with Crippen LogP contribution >= 0.6 is 0 Å². The van der Waals surface area contributed by atoms with Gasteiger partial charge in [0.05, 0.1) is 27.4 Å². The Morgan fingerprint density at radius 3 is 2.13 bits per heavy atom. The molecule has 0 bridgehead atoms. The van der Waals surface area contributed by atoms with E-state index in [1.165, 1.54) is 7.11 Å². The van der Waals surface area contributed by atoms with E-state index in [1.807, 2.05) is 0 Å². The van der Waals surface area contributed by atoms with Gasteiger partial charge < -0.3 is 19.3 Å². The molecule has 1 aromatic carbocycles. The zero-order valence-corrected chi connectivity index (χ0v) is 9.40. The summed E-state index contributed by atoms with van der Waals surface area (Å²) in [7, 11) is 4.65. The van der Waals surface area contributed by atoms with Crippen molar-refractivity contribution in [2.45, 2.75) is 13.0 Å². The quantitative estimate of drug-likeness (QED) is 0.826. The van der Waals surface area contributed by atoms with Crippen LogP contribution in [-0.2, 0) is 0 Å². The molecule has 15 heavy (non-hydrogen) atoms. The summed E-state index contributed by atoms with van der Waals surface area (Å²) in [6, 6.07) is 3.44. The van der Waals surface area contributed by atoms with Gasteiger partial charge in [0.1, 0.15) is 5.75 Å². The normalized spacial score (nSPS) is 12.1. The first-order valence-electron chi connectivity index (χ1n) is 4.62. The van der Waals surface area contributed by atoms with Gasteiger partial charge in [-0.1, -0.05) is 0 Å². The highest BCUT2D eigenvalue weighted by Gasteiger charge is 2.16. The molecule has 1 atom stereocenters. The van der Waals surface area contributed by atoms with E-state index >= 15 is 0 Å². The van der Waals surface area contributed by atoms with Crippen LogP contribution in [0.1, 0.15) is 18.6 Å². The third-order valence-electron chi connectivity index (χ3n) is 2.17. The summed E-state index contributed by atoms with van der Waals surface area (Å²) >= 11 is 0. The lowest BCUT2D eigenvalue weighted by molar-refractivity contribution is 0.192. The van der Waals surface area contributed by atoms with Crippen LogP contribution in [0, 0.1) is 0 Å². The molecule has 0 aliphatic carbocycles. The van der Waals surface area contributed by atoms with Crippen LogP contribution in [0.25, 0.3) is 0 Å². The molecule has 0 saturated heterocycles. The fraction of sp³-hybridized carbons (Fsp3) is 0.455. The highest BCUT2D eigenvalue weighted by Crippen LogP contribution is 2.38. The standard InChI is InChI=1S/C11H16O4/c1-7(12)9-5-8(13-2)6-10(14-3)11(9)15-4/h5-7,12H,1-4H3. The van der Waals surface area contributed by atoms with Crippen LogP contribution < -0.4 is 14.2 Å². The number of aliphatic hydroxyl groups is 1. The summed E-state index contributed by atoms with van der Waals surface area (Å²) in [5, 5.41) is 9.58. The minimum absolute atomic E-state index is 0.535. The van der Waals surface area contributed by atoms with E-state index in [9.17, 15) is 5.11 Å². The predicted molar refractivity (Wildman–Crippen MR) is 56.7 cm³/mol. The largest absolute Gasteiger partial charge is 0.497 e. The molecule has 1 rings (SSSR count). The Hall–Kier alpha value is -1.42. The molecule has 0 amide bonds. The number of aliphatic hydroxyl groups excluding tert-OH is 1. The van der Waals surface area contributed by atoms with E-state index in [0.29, 0.717) is 22.8 Å². The van der Waals surface area contributed by atoms with Crippen molar-refractivity contribution >= 4 is 0 Å². The number of rotatable bonds is 4. The average Bonchev–Trinajstić information content (AvgIpc) is 2.26. The molecule has 0 aromatic heterocycles. The number of benzene rings is 1. The molecular weight excluding hydrogens is 196 g/mol. The van der Waals surface area contributed by atoms with Crippen molar-refractivity contribution < 1.29 is 19.3 Å². The van der Waals surface area contributed by atoms with Crippen LogP contribution in [0.15, 0.2) is 12.1 Å². The topological polar surface area (TPSA) is 47.9 Å². The second kappa shape index (κ2) is 4.89. The smallest absolute Gasteiger partial charge is 0.166 e. The fourth-order valence-corrected chi connectivity index (χ4v) is 1.40. The van der Waals surface area contributed by atoms with Gasteiger partial charge >= 0.3 is 0 Å². The lowest BCUT2D eigenvalue weighted by Gasteiger charge is -2.16. The lowest BCUT2D eigenvalue weighted by Crippen LogP contribution is -2.00. The Morgan fingerprint density at radius 2 is 1.73 bits per heavy atom. The molecule has 1 aromatic rings. The lowest BCUT2D eigenvalue weighted by atomic mass is 10.1. The highest BCUT2D eigenvalue weighted by molar-refractivity contribution is 5.52. The van der Waals surface area contributed by atoms with Gasteiger partial charge in [-0.05, 0) is 13.0 Å². The van der Waals surface area contributed by atoms with Gasteiger partial charge in [0.15, 0.2) is 11.5 Å². The molecule has 84 valence electrons. The highest BCUT2D eigenvalue weighted by atomic mass is 16.5. The van der Waals surface area contributed by atoms with Crippen LogP contribution in [0.2, 0.25) is 0 Å². The fourth-order valence-electron chi connectivity index (χ4n) is 1.40. The Morgan fingerprint density at radius 1 is 1.07 bits per heavy atom. The zero-order chi connectivity index (χ0) is 11.4. The first-order chi connectivity index (χ1) is 7.13. The summed E-state index contributed by atoms with van der Waals surface area (Å²) in [5.74, 6) is 1.71. The third kappa shape index (κ3) is 2.33. The SMILES string of the molecule is COc1cc(OC)c(OC)c(C(C)O)c1. The number of methoxy groups -OCH3 is 3. The molecular formula is C11H16O4. The molecule has 4 heteroatoms. The Kier molecular flexibility index (Phi) is 3.80. The first kappa shape index (κ1) is 11.7. The molecule has 0 saturated carbocycles. The molecule has 1 N–H and O–H groups in total. The predicted octanol–water partition coefficient (Wildman–Crippen LogP) is 1.77. The van der Waals surface area contributed by atoms with Gasteiger partial charge in [-0.15, -0.1) is 0 Å². The third-order valence-corrected chi connectivity index (χ3v) is 2.17. The van der Waals surface area contributed by atoms with Gasteiger partial charge in [0.25, 0.3) is 0 Å². The van der Waals surface area contributed by atoms with Crippen molar-refractivity contribution in [2.24, 2.45) is 0 Å². The van der Waals surface area contributed by atoms with Gasteiger partial charge in [-0.25, -0.2) is 0 Å². The van der Waals surface area contributed by atoms with Gasteiger partial charge in [0, 0.05) is 11.6 Å². The molecule has 0 aliphatic rings. The van der Waals surface area contributed by atoms with E-state index in [-0.39, 0.29) is 0 Å². The summed E-state index contributed by atoms with van der Waals surface area (Å²) in [6.45, 7) is 1.66. The molecule has 0 aliphatic heterocycles. The van der Waals surface area contributed by atoms with Crippen LogP contribution in [0.5, 0.6) is 17.2 Å². The van der Waals surface area contributed by atoms with E-state index in [4.69, 9.17) is 14.2 Å². The van der Waals surface area contributed by atoms with Crippen LogP contribution in [0.4, 0.5) is 0 Å². The number of hydrogen-bond donors (Lipinski definition) is 1. The molecule has 0 heterocycles. The number of hydrogen-bond acceptors (Lipinski definition) is 4. The maximum atomic E-state index is 9.58. The second-order valence-corrected chi connectivity index (χ2v) is 3.13. The minimum Gasteiger partial charge on any atom is -0.497 e. The second-order valence-electron chi connectivity index (χ2n) is 3.13. The monoisotopic (exact) mass is 212 g/mol. The van der Waals surface area contributed by atoms with Crippen molar-refractivity contribution in [1.82, 2.24) is 0 Å². The van der Waals surface area contributed by atoms with Gasteiger partial charge in [-0.2, -0.15) is 0 Å². The van der Waals surface area contributed by atoms with E-state index in [0.717, 1.165) is 0 Å². The minimum atomic E-state index is -0.635. The summed E-state index contributed by atoms with van der Waals surface area (Å²) in [5.41, 5.74) is 0.647. The molecule has 0 spiro atoms. The van der Waals surface area contributed by atoms with Crippen LogP contribution in [0.3, 0.4) is 0 Å². The Labute approximate surface area is 89.4 Å². The Bertz CT molecular complexity index is 334. The summed E-state index contributed by atoms with van der Waals surface area (Å²) < 4.78 is 15.4. The molecule has 1 unspecified atom stereocenters. The first-order valence-corrected chi connectivity index (χ1v) is 4.62. The van der Waals surface area contributed by atoms with E-state index < -0.39 is 6.10 Å². The van der Waals surface area contributed by atoms with Crippen molar-refractivity contribution in [3.05, 3.63) is 17.7 Å². The van der Waals surface area contributed by atoms with Gasteiger partial charge in [-0.3, -0.25) is 0 Å². The maximum Gasteiger partial charge on any atom is 0.166 e. The average molecular weight is 212 g/mol. The Balaban J connectivity index is 3.32. The maximum absolute atomic E-state index is 9.58. The molecule has 0 radical (unpaired) electrons. The van der Waals surface area contributed by atoms with Crippen LogP contribution in [-0.4, -0.2) is 26.4 Å². The van der Waals surface area contributed by atoms with Crippen molar-refractivity contribution in [3.63, 3.8) is 0 Å². The zero-order valence-electron chi connectivity index (χ0n) is 9.40. The van der Waals surface area contributed by atoms with Crippen molar-refractivity contribution in [2.75, 3.05) is 21.3 Å². The van der Waals surface area contributed by atoms with E-state index in [1.54, 1.807) is 33.3 Å². The summed E-state index contributed by atoms with van der Waals surface area (Å²) in [6.07, 6.45) is -0.635. The van der Waals surface area contributed by atoms with Crippen molar-refractivity contribution in [3.8, 4) is 17.2 Å². The molecule has 0 fully saturated rings. The number of ether oxygens (including phenoxy) is 3. The van der Waals surface area contributed by atoms with E-state index in [2.05, 4.69) is 0 Å². The van der Waals surface area contributed by atoms with Gasteiger partial charge in [0.2, 0.25) is 0 Å².